The first-order valence-corrected chi connectivity index (χ1v) is 7.98. The standard InChI is InChI=1S/C19H17F3N2O2/c1-10(2)24(14-9-8-12(20)16(21)17(14)22)18-15(19(25)26-3)11-6-4-5-7-13(11)23-18/h4-10,23H,1-3H3. The van der Waals surface area contributed by atoms with Crippen LogP contribution in [0.3, 0.4) is 0 Å². The van der Waals surface area contributed by atoms with E-state index in [9.17, 15) is 18.0 Å². The monoisotopic (exact) mass is 362 g/mol. The lowest BCUT2D eigenvalue weighted by Crippen LogP contribution is -2.28. The number of benzene rings is 2. The number of carbonyl (C=O) groups is 1. The molecule has 0 aliphatic carbocycles. The maximum atomic E-state index is 14.4. The number of nitrogens with one attached hydrogen (secondary N) is 1. The van der Waals surface area contributed by atoms with Crippen molar-refractivity contribution in [3.8, 4) is 0 Å². The predicted molar refractivity (Wildman–Crippen MR) is 93.2 cm³/mol. The van der Waals surface area contributed by atoms with Gasteiger partial charge in [0.15, 0.2) is 17.5 Å². The molecule has 0 unspecified atom stereocenters. The van der Waals surface area contributed by atoms with Crippen LogP contribution in [0.25, 0.3) is 10.9 Å². The van der Waals surface area contributed by atoms with Crippen LogP contribution in [-0.2, 0) is 4.74 Å². The predicted octanol–water partition coefficient (Wildman–Crippen LogP) is 4.92. The highest BCUT2D eigenvalue weighted by atomic mass is 19.2. The summed E-state index contributed by atoms with van der Waals surface area (Å²) in [4.78, 5) is 16.8. The van der Waals surface area contributed by atoms with E-state index in [0.29, 0.717) is 10.9 Å². The third-order valence-corrected chi connectivity index (χ3v) is 4.11. The number of ether oxygens (including phenoxy) is 1. The van der Waals surface area contributed by atoms with Crippen molar-refractivity contribution in [3.05, 3.63) is 59.4 Å². The Bertz CT molecular complexity index is 982. The van der Waals surface area contributed by atoms with Crippen molar-refractivity contribution < 1.29 is 22.7 Å². The molecule has 1 heterocycles. The summed E-state index contributed by atoms with van der Waals surface area (Å²) < 4.78 is 46.4. The smallest absolute Gasteiger partial charge is 0.342 e. The number of nitrogens with zero attached hydrogens (tertiary/aromatic N) is 1. The number of aromatic nitrogens is 1. The van der Waals surface area contributed by atoms with Gasteiger partial charge in [0, 0.05) is 16.9 Å². The number of esters is 1. The first-order chi connectivity index (χ1) is 12.4. The third kappa shape index (κ3) is 2.79. The molecule has 0 atom stereocenters. The molecule has 1 aromatic heterocycles. The lowest BCUT2D eigenvalue weighted by Gasteiger charge is -2.29. The second kappa shape index (κ2) is 6.74. The van der Waals surface area contributed by atoms with E-state index in [0.717, 1.165) is 12.1 Å². The van der Waals surface area contributed by atoms with Gasteiger partial charge in [-0.15, -0.1) is 0 Å². The normalized spacial score (nSPS) is 11.2. The molecule has 0 amide bonds. The Labute approximate surface area is 148 Å². The molecule has 0 saturated carbocycles. The van der Waals surface area contributed by atoms with Crippen molar-refractivity contribution in [2.75, 3.05) is 12.0 Å². The molecule has 0 radical (unpaired) electrons. The van der Waals surface area contributed by atoms with E-state index in [-0.39, 0.29) is 23.1 Å². The molecule has 0 spiro atoms. The van der Waals surface area contributed by atoms with Crippen LogP contribution in [0.1, 0.15) is 24.2 Å². The zero-order valence-corrected chi connectivity index (χ0v) is 14.4. The van der Waals surface area contributed by atoms with Gasteiger partial charge in [-0.25, -0.2) is 18.0 Å². The Morgan fingerprint density at radius 2 is 1.77 bits per heavy atom. The minimum absolute atomic E-state index is 0.185. The number of hydrogen-bond acceptors (Lipinski definition) is 3. The minimum atomic E-state index is -1.57. The van der Waals surface area contributed by atoms with Gasteiger partial charge in [0.1, 0.15) is 11.4 Å². The number of carbonyl (C=O) groups excluding carboxylic acids is 1. The number of anilines is 2. The van der Waals surface area contributed by atoms with Crippen LogP contribution in [0.4, 0.5) is 24.7 Å². The number of methoxy groups -OCH3 is 1. The van der Waals surface area contributed by atoms with E-state index < -0.39 is 23.4 Å². The Kier molecular flexibility index (Phi) is 4.63. The number of halogens is 3. The van der Waals surface area contributed by atoms with Gasteiger partial charge in [-0.2, -0.15) is 0 Å². The number of fused-ring (bicyclic) bond motifs is 1. The molecule has 1 N–H and O–H groups in total. The molecule has 0 saturated heterocycles. The summed E-state index contributed by atoms with van der Waals surface area (Å²) in [7, 11) is 1.24. The second-order valence-corrected chi connectivity index (χ2v) is 6.04. The molecule has 0 bridgehead atoms. The Morgan fingerprint density at radius 1 is 1.08 bits per heavy atom. The second-order valence-electron chi connectivity index (χ2n) is 6.04. The van der Waals surface area contributed by atoms with Gasteiger partial charge in [0.2, 0.25) is 0 Å². The molecule has 2 aromatic carbocycles. The first-order valence-electron chi connectivity index (χ1n) is 7.98. The summed E-state index contributed by atoms with van der Waals surface area (Å²) in [6.07, 6.45) is 0. The summed E-state index contributed by atoms with van der Waals surface area (Å²) in [5, 5.41) is 0.586. The van der Waals surface area contributed by atoms with Gasteiger partial charge < -0.3 is 14.6 Å². The van der Waals surface area contributed by atoms with E-state index in [2.05, 4.69) is 4.98 Å². The van der Waals surface area contributed by atoms with Gasteiger partial charge in [-0.05, 0) is 32.0 Å². The molecule has 3 rings (SSSR count). The van der Waals surface area contributed by atoms with Crippen molar-refractivity contribution in [1.29, 1.82) is 0 Å². The van der Waals surface area contributed by atoms with Crippen LogP contribution in [-0.4, -0.2) is 24.1 Å². The summed E-state index contributed by atoms with van der Waals surface area (Å²) >= 11 is 0. The van der Waals surface area contributed by atoms with Gasteiger partial charge in [0.05, 0.1) is 12.8 Å². The molecule has 136 valence electrons. The van der Waals surface area contributed by atoms with Crippen LogP contribution >= 0.6 is 0 Å². The average Bonchev–Trinajstić information content (AvgIpc) is 3.00. The van der Waals surface area contributed by atoms with Crippen molar-refractivity contribution in [2.24, 2.45) is 0 Å². The average molecular weight is 362 g/mol. The summed E-state index contributed by atoms with van der Waals surface area (Å²) in [6.45, 7) is 3.49. The molecule has 3 aromatic rings. The Balaban J connectivity index is 2.31. The van der Waals surface area contributed by atoms with Crippen LogP contribution in [0.5, 0.6) is 0 Å². The van der Waals surface area contributed by atoms with Crippen molar-refractivity contribution in [1.82, 2.24) is 4.98 Å². The fourth-order valence-corrected chi connectivity index (χ4v) is 2.98. The number of para-hydroxylation sites is 1. The van der Waals surface area contributed by atoms with Crippen molar-refractivity contribution >= 4 is 28.4 Å². The largest absolute Gasteiger partial charge is 0.465 e. The maximum Gasteiger partial charge on any atom is 0.342 e. The van der Waals surface area contributed by atoms with Crippen LogP contribution in [0, 0.1) is 17.5 Å². The number of aromatic amines is 1. The van der Waals surface area contributed by atoms with E-state index in [1.165, 1.54) is 12.0 Å². The van der Waals surface area contributed by atoms with E-state index >= 15 is 0 Å². The number of H-pyrrole nitrogens is 1. The van der Waals surface area contributed by atoms with Crippen molar-refractivity contribution in [2.45, 2.75) is 19.9 Å². The van der Waals surface area contributed by atoms with Gasteiger partial charge in [-0.3, -0.25) is 0 Å². The highest BCUT2D eigenvalue weighted by Gasteiger charge is 2.28. The summed E-state index contributed by atoms with van der Waals surface area (Å²) in [5.41, 5.74) is 0.646. The quantitative estimate of drug-likeness (QED) is 0.529. The molecule has 4 nitrogen and oxygen atoms in total. The molecular formula is C19H17F3N2O2. The highest BCUT2D eigenvalue weighted by molar-refractivity contribution is 6.10. The van der Waals surface area contributed by atoms with Crippen LogP contribution < -0.4 is 4.90 Å². The molecule has 0 aliphatic rings. The van der Waals surface area contributed by atoms with Crippen LogP contribution in [0.15, 0.2) is 36.4 Å². The lowest BCUT2D eigenvalue weighted by molar-refractivity contribution is 0.0604. The molecule has 0 aliphatic heterocycles. The zero-order chi connectivity index (χ0) is 19.0. The molecule has 7 heteroatoms. The summed E-state index contributed by atoms with van der Waals surface area (Å²) in [5.74, 6) is -4.54. The topological polar surface area (TPSA) is 45.3 Å². The van der Waals surface area contributed by atoms with E-state index in [1.54, 1.807) is 38.1 Å². The lowest BCUT2D eigenvalue weighted by atomic mass is 10.1. The zero-order valence-electron chi connectivity index (χ0n) is 14.4. The number of rotatable bonds is 4. The summed E-state index contributed by atoms with van der Waals surface area (Å²) in [6, 6.07) is 8.63. The minimum Gasteiger partial charge on any atom is -0.465 e. The van der Waals surface area contributed by atoms with Gasteiger partial charge >= 0.3 is 5.97 Å². The van der Waals surface area contributed by atoms with E-state index in [4.69, 9.17) is 4.74 Å². The molecule has 0 fully saturated rings. The molecular weight excluding hydrogens is 345 g/mol. The fraction of sp³-hybridized carbons (Fsp3) is 0.211. The Morgan fingerprint density at radius 3 is 2.42 bits per heavy atom. The fourth-order valence-electron chi connectivity index (χ4n) is 2.98. The SMILES string of the molecule is COC(=O)c1c(N(c2ccc(F)c(F)c2F)C(C)C)[nH]c2ccccc12. The van der Waals surface area contributed by atoms with Gasteiger partial charge in [0.25, 0.3) is 0 Å². The van der Waals surface area contributed by atoms with E-state index in [1.807, 2.05) is 0 Å². The third-order valence-electron chi connectivity index (χ3n) is 4.11. The maximum absolute atomic E-state index is 14.4. The highest BCUT2D eigenvalue weighted by Crippen LogP contribution is 2.37. The molecule has 26 heavy (non-hydrogen) atoms. The van der Waals surface area contributed by atoms with Gasteiger partial charge in [-0.1, -0.05) is 18.2 Å². The Hall–Kier alpha value is -2.96. The number of hydrogen-bond donors (Lipinski definition) is 1. The van der Waals surface area contributed by atoms with Crippen LogP contribution in [0.2, 0.25) is 0 Å². The van der Waals surface area contributed by atoms with Crippen molar-refractivity contribution in [3.63, 3.8) is 0 Å². The first kappa shape index (κ1) is 17.8.